The summed E-state index contributed by atoms with van der Waals surface area (Å²) in [6.07, 6.45) is 2.85. The number of hydrogen-bond acceptors (Lipinski definition) is 8. The summed E-state index contributed by atoms with van der Waals surface area (Å²) in [5, 5.41) is 13.6. The van der Waals surface area contributed by atoms with E-state index in [1.54, 1.807) is 24.3 Å². The molecule has 122 valence electrons. The van der Waals surface area contributed by atoms with Crippen LogP contribution in [0.5, 0.6) is 11.9 Å². The van der Waals surface area contributed by atoms with Crippen LogP contribution in [0, 0.1) is 0 Å². The van der Waals surface area contributed by atoms with E-state index in [9.17, 15) is 4.79 Å². The van der Waals surface area contributed by atoms with E-state index in [-0.39, 0.29) is 17.8 Å². The second-order valence-electron chi connectivity index (χ2n) is 4.54. The van der Waals surface area contributed by atoms with Crippen molar-refractivity contribution in [3.05, 3.63) is 42.4 Å². The smallest absolute Gasteiger partial charge is 0.319 e. The van der Waals surface area contributed by atoms with Crippen molar-refractivity contribution in [1.82, 2.24) is 30.2 Å². The molecule has 3 aromatic rings. The third-order valence-corrected chi connectivity index (χ3v) is 3.08. The maximum Gasteiger partial charge on any atom is 0.319 e. The van der Waals surface area contributed by atoms with Crippen LogP contribution in [0.4, 0.5) is 5.69 Å². The van der Waals surface area contributed by atoms with Crippen LogP contribution < -0.4 is 14.8 Å². The minimum Gasteiger partial charge on any atom is -0.479 e. The van der Waals surface area contributed by atoms with Crippen LogP contribution in [0.15, 0.2) is 36.8 Å². The molecule has 1 amide bonds. The Bertz CT molecular complexity index is 851. The van der Waals surface area contributed by atoms with Crippen LogP contribution in [-0.4, -0.2) is 50.3 Å². The minimum absolute atomic E-state index is 0.144. The Balaban J connectivity index is 1.84. The van der Waals surface area contributed by atoms with Crippen molar-refractivity contribution in [2.45, 2.75) is 0 Å². The van der Waals surface area contributed by atoms with Crippen molar-refractivity contribution < 1.29 is 14.3 Å². The summed E-state index contributed by atoms with van der Waals surface area (Å²) in [5.74, 6) is -0.149. The van der Waals surface area contributed by atoms with Crippen molar-refractivity contribution >= 4 is 11.6 Å². The van der Waals surface area contributed by atoms with Crippen LogP contribution in [0.2, 0.25) is 0 Å². The Morgan fingerprint density at radius 1 is 1.25 bits per heavy atom. The maximum atomic E-state index is 12.4. The Labute approximate surface area is 136 Å². The molecule has 0 aliphatic rings. The van der Waals surface area contributed by atoms with Crippen molar-refractivity contribution in [1.29, 1.82) is 0 Å². The van der Waals surface area contributed by atoms with E-state index in [1.807, 2.05) is 0 Å². The van der Waals surface area contributed by atoms with E-state index >= 15 is 0 Å². The van der Waals surface area contributed by atoms with Gasteiger partial charge in [-0.05, 0) is 28.6 Å². The van der Waals surface area contributed by atoms with Gasteiger partial charge in [-0.3, -0.25) is 4.79 Å². The highest BCUT2D eigenvalue weighted by Gasteiger charge is 2.13. The molecule has 0 aliphatic carbocycles. The maximum absolute atomic E-state index is 12.4. The fourth-order valence-electron chi connectivity index (χ4n) is 1.95. The number of ether oxygens (including phenoxy) is 2. The van der Waals surface area contributed by atoms with Gasteiger partial charge in [-0.25, -0.2) is 9.67 Å². The zero-order valence-electron chi connectivity index (χ0n) is 12.9. The number of nitrogens with one attached hydrogen (secondary N) is 1. The SMILES string of the molecule is COc1ncc(NC(=O)c2cccc(-n3cnnn3)c2)c(OC)n1. The molecule has 0 bridgehead atoms. The van der Waals surface area contributed by atoms with Crippen molar-refractivity contribution in [2.75, 3.05) is 19.5 Å². The Kier molecular flexibility index (Phi) is 4.27. The molecule has 0 saturated carbocycles. The van der Waals surface area contributed by atoms with E-state index in [0.717, 1.165) is 0 Å². The van der Waals surface area contributed by atoms with Gasteiger partial charge >= 0.3 is 6.01 Å². The Morgan fingerprint density at radius 3 is 2.83 bits per heavy atom. The Morgan fingerprint density at radius 2 is 2.12 bits per heavy atom. The normalized spacial score (nSPS) is 10.2. The summed E-state index contributed by atoms with van der Waals surface area (Å²) in [6, 6.07) is 6.98. The van der Waals surface area contributed by atoms with Gasteiger partial charge in [-0.2, -0.15) is 4.98 Å². The molecule has 2 heterocycles. The van der Waals surface area contributed by atoms with E-state index < -0.39 is 0 Å². The zero-order chi connectivity index (χ0) is 16.9. The first-order valence-corrected chi connectivity index (χ1v) is 6.81. The van der Waals surface area contributed by atoms with Gasteiger partial charge in [0.2, 0.25) is 5.88 Å². The molecule has 0 radical (unpaired) electrons. The van der Waals surface area contributed by atoms with Gasteiger partial charge < -0.3 is 14.8 Å². The first-order chi connectivity index (χ1) is 11.7. The molecule has 0 spiro atoms. The van der Waals surface area contributed by atoms with Crippen LogP contribution >= 0.6 is 0 Å². The summed E-state index contributed by atoms with van der Waals surface area (Å²) in [7, 11) is 2.88. The Hall–Kier alpha value is -3.56. The van der Waals surface area contributed by atoms with Crippen LogP contribution in [0.3, 0.4) is 0 Å². The first kappa shape index (κ1) is 15.3. The second kappa shape index (κ2) is 6.69. The summed E-state index contributed by atoms with van der Waals surface area (Å²) in [6.45, 7) is 0. The number of nitrogens with zero attached hydrogens (tertiary/aromatic N) is 6. The number of methoxy groups -OCH3 is 2. The highest BCUT2D eigenvalue weighted by atomic mass is 16.5. The van der Waals surface area contributed by atoms with Gasteiger partial charge in [0.15, 0.2) is 0 Å². The molecule has 0 unspecified atom stereocenters. The monoisotopic (exact) mass is 327 g/mol. The van der Waals surface area contributed by atoms with Crippen molar-refractivity contribution in [3.8, 4) is 17.6 Å². The van der Waals surface area contributed by atoms with Crippen LogP contribution in [-0.2, 0) is 0 Å². The summed E-state index contributed by atoms with van der Waals surface area (Å²) < 4.78 is 11.5. The summed E-state index contributed by atoms with van der Waals surface area (Å²) >= 11 is 0. The average Bonchev–Trinajstić information content (AvgIpc) is 3.17. The van der Waals surface area contributed by atoms with Crippen molar-refractivity contribution in [2.24, 2.45) is 0 Å². The van der Waals surface area contributed by atoms with Crippen LogP contribution in [0.25, 0.3) is 5.69 Å². The fourth-order valence-corrected chi connectivity index (χ4v) is 1.95. The number of benzene rings is 1. The third kappa shape index (κ3) is 3.11. The predicted octanol–water partition coefficient (Wildman–Crippen LogP) is 0.722. The van der Waals surface area contributed by atoms with E-state index in [4.69, 9.17) is 9.47 Å². The second-order valence-corrected chi connectivity index (χ2v) is 4.54. The molecule has 2 aromatic heterocycles. The third-order valence-electron chi connectivity index (χ3n) is 3.08. The standard InChI is InChI=1S/C14H13N7O3/c1-23-13-11(7-15-14(18-13)24-2)17-12(22)9-4-3-5-10(6-9)21-8-16-19-20-21/h3-8H,1-2H3,(H,17,22). The number of aromatic nitrogens is 6. The number of amides is 1. The molecule has 24 heavy (non-hydrogen) atoms. The first-order valence-electron chi connectivity index (χ1n) is 6.81. The molecule has 10 heteroatoms. The molecule has 1 N–H and O–H groups in total. The van der Waals surface area contributed by atoms with Crippen molar-refractivity contribution in [3.63, 3.8) is 0 Å². The van der Waals surface area contributed by atoms with Gasteiger partial charge in [-0.1, -0.05) is 6.07 Å². The zero-order valence-corrected chi connectivity index (χ0v) is 12.9. The fraction of sp³-hybridized carbons (Fsp3) is 0.143. The average molecular weight is 327 g/mol. The lowest BCUT2D eigenvalue weighted by Crippen LogP contribution is -2.14. The molecule has 1 aromatic carbocycles. The lowest BCUT2D eigenvalue weighted by Gasteiger charge is -2.10. The molecule has 0 aliphatic heterocycles. The lowest BCUT2D eigenvalue weighted by atomic mass is 10.2. The molecular weight excluding hydrogens is 314 g/mol. The van der Waals surface area contributed by atoms with E-state index in [0.29, 0.717) is 16.9 Å². The van der Waals surface area contributed by atoms with Gasteiger partial charge in [0, 0.05) is 5.56 Å². The minimum atomic E-state index is -0.350. The van der Waals surface area contributed by atoms with Gasteiger partial charge in [0.25, 0.3) is 5.91 Å². The van der Waals surface area contributed by atoms with Gasteiger partial charge in [0.1, 0.15) is 12.0 Å². The number of anilines is 1. The quantitative estimate of drug-likeness (QED) is 0.728. The summed E-state index contributed by atoms with van der Waals surface area (Å²) in [4.78, 5) is 20.4. The van der Waals surface area contributed by atoms with Gasteiger partial charge in [0.05, 0.1) is 26.1 Å². The topological polar surface area (TPSA) is 117 Å². The number of carbonyl (C=O) groups excluding carboxylic acids is 1. The lowest BCUT2D eigenvalue weighted by molar-refractivity contribution is 0.102. The highest BCUT2D eigenvalue weighted by Crippen LogP contribution is 2.23. The molecule has 0 fully saturated rings. The molecule has 0 saturated heterocycles. The number of rotatable bonds is 5. The molecular formula is C14H13N7O3. The van der Waals surface area contributed by atoms with E-state index in [2.05, 4.69) is 30.8 Å². The van der Waals surface area contributed by atoms with Gasteiger partial charge in [-0.15, -0.1) is 5.10 Å². The summed E-state index contributed by atoms with van der Waals surface area (Å²) in [5.41, 5.74) is 1.41. The van der Waals surface area contributed by atoms with Crippen LogP contribution in [0.1, 0.15) is 10.4 Å². The molecule has 3 rings (SSSR count). The molecule has 0 atom stereocenters. The van der Waals surface area contributed by atoms with E-state index in [1.165, 1.54) is 31.4 Å². The predicted molar refractivity (Wildman–Crippen MR) is 82.2 cm³/mol. The molecule has 10 nitrogen and oxygen atoms in total. The highest BCUT2D eigenvalue weighted by molar-refractivity contribution is 6.05. The number of carbonyl (C=O) groups is 1. The number of tetrazole rings is 1. The number of hydrogen-bond donors (Lipinski definition) is 1. The largest absolute Gasteiger partial charge is 0.479 e.